The van der Waals surface area contributed by atoms with E-state index in [2.05, 4.69) is 0 Å². The van der Waals surface area contributed by atoms with Crippen LogP contribution in [-0.4, -0.2) is 29.0 Å². The molecule has 0 aromatic heterocycles. The lowest BCUT2D eigenvalue weighted by atomic mass is 10.1. The quantitative estimate of drug-likeness (QED) is 0.868. The molecule has 0 spiro atoms. The molecule has 1 amide bonds. The summed E-state index contributed by atoms with van der Waals surface area (Å²) in [7, 11) is 0. The first-order valence-corrected chi connectivity index (χ1v) is 6.19. The number of β-amino-alcohol motifs (C(OH)–C–C–N with tert-alkyl or cyclic N) is 1. The van der Waals surface area contributed by atoms with E-state index in [0.717, 1.165) is 24.9 Å². The van der Waals surface area contributed by atoms with E-state index >= 15 is 0 Å². The Hall–Kier alpha value is -1.35. The highest BCUT2D eigenvalue weighted by molar-refractivity contribution is 5.76. The van der Waals surface area contributed by atoms with Crippen molar-refractivity contribution in [3.8, 4) is 0 Å². The van der Waals surface area contributed by atoms with E-state index in [0.29, 0.717) is 13.0 Å². The van der Waals surface area contributed by atoms with E-state index in [4.69, 9.17) is 0 Å². The summed E-state index contributed by atoms with van der Waals surface area (Å²) in [5, 5.41) is 10.1. The number of piperidine rings is 1. The number of carbonyl (C=O) groups excluding carboxylic acids is 1. The Morgan fingerprint density at radius 2 is 2.00 bits per heavy atom. The van der Waals surface area contributed by atoms with Crippen molar-refractivity contribution >= 4 is 5.91 Å². The molecule has 3 nitrogen and oxygen atoms in total. The van der Waals surface area contributed by atoms with Gasteiger partial charge in [-0.3, -0.25) is 4.79 Å². The van der Waals surface area contributed by atoms with Crippen LogP contribution in [0.15, 0.2) is 24.3 Å². The first kappa shape index (κ1) is 12.1. The van der Waals surface area contributed by atoms with E-state index in [9.17, 15) is 9.90 Å². The van der Waals surface area contributed by atoms with Gasteiger partial charge in [-0.05, 0) is 25.3 Å². The zero-order valence-electron chi connectivity index (χ0n) is 10.2. The number of benzene rings is 1. The molecular formula is C14H19NO2. The number of likely N-dealkylation sites (tertiary alicyclic amines) is 1. The van der Waals surface area contributed by atoms with Gasteiger partial charge in [-0.25, -0.2) is 0 Å². The Labute approximate surface area is 102 Å². The van der Waals surface area contributed by atoms with Gasteiger partial charge in [0.25, 0.3) is 0 Å². The van der Waals surface area contributed by atoms with Crippen LogP contribution in [0.1, 0.15) is 36.5 Å². The van der Waals surface area contributed by atoms with Gasteiger partial charge in [0.2, 0.25) is 5.91 Å². The highest BCUT2D eigenvalue weighted by Crippen LogP contribution is 2.18. The molecule has 3 heteroatoms. The molecule has 1 unspecified atom stereocenters. The summed E-state index contributed by atoms with van der Waals surface area (Å²) >= 11 is 0. The van der Waals surface area contributed by atoms with Crippen molar-refractivity contribution in [2.24, 2.45) is 0 Å². The summed E-state index contributed by atoms with van der Waals surface area (Å²) in [5.41, 5.74) is 2.06. The van der Waals surface area contributed by atoms with Crippen molar-refractivity contribution in [3.63, 3.8) is 0 Å². The molecule has 0 bridgehead atoms. The number of hydrogen-bond acceptors (Lipinski definition) is 2. The fraction of sp³-hybridized carbons (Fsp3) is 0.500. The number of aliphatic hydroxyl groups excluding tert-OH is 1. The zero-order chi connectivity index (χ0) is 12.3. The lowest BCUT2D eigenvalue weighted by Crippen LogP contribution is -2.38. The van der Waals surface area contributed by atoms with Crippen LogP contribution in [0.4, 0.5) is 0 Å². The van der Waals surface area contributed by atoms with Crippen LogP contribution in [0, 0.1) is 6.92 Å². The monoisotopic (exact) mass is 233 g/mol. The van der Waals surface area contributed by atoms with E-state index in [1.807, 2.05) is 31.2 Å². The Bertz CT molecular complexity index is 386. The molecule has 1 fully saturated rings. The first-order chi connectivity index (χ1) is 8.16. The molecule has 1 aliphatic heterocycles. The second-order valence-corrected chi connectivity index (χ2v) is 4.72. The third-order valence-corrected chi connectivity index (χ3v) is 3.28. The third-order valence-electron chi connectivity index (χ3n) is 3.28. The molecule has 1 aliphatic rings. The van der Waals surface area contributed by atoms with E-state index < -0.39 is 6.10 Å². The summed E-state index contributed by atoms with van der Waals surface area (Å²) in [5.74, 6) is 0.169. The van der Waals surface area contributed by atoms with E-state index in [-0.39, 0.29) is 5.91 Å². The summed E-state index contributed by atoms with van der Waals surface area (Å²) in [4.78, 5) is 13.4. The lowest BCUT2D eigenvalue weighted by Gasteiger charge is -2.28. The largest absolute Gasteiger partial charge is 0.387 e. The maximum atomic E-state index is 11.6. The maximum Gasteiger partial charge on any atom is 0.222 e. The fourth-order valence-corrected chi connectivity index (χ4v) is 2.16. The Balaban J connectivity index is 1.98. The molecule has 0 radical (unpaired) electrons. The molecule has 2 rings (SSSR count). The van der Waals surface area contributed by atoms with Crippen LogP contribution in [0.5, 0.6) is 0 Å². The number of rotatable bonds is 3. The maximum absolute atomic E-state index is 11.6. The fourth-order valence-electron chi connectivity index (χ4n) is 2.16. The van der Waals surface area contributed by atoms with Gasteiger partial charge in [0, 0.05) is 13.0 Å². The van der Waals surface area contributed by atoms with Crippen LogP contribution in [0.3, 0.4) is 0 Å². The van der Waals surface area contributed by atoms with Crippen LogP contribution in [0.2, 0.25) is 0 Å². The molecule has 1 aromatic carbocycles. The van der Waals surface area contributed by atoms with Crippen molar-refractivity contribution in [3.05, 3.63) is 35.4 Å². The van der Waals surface area contributed by atoms with Gasteiger partial charge in [-0.2, -0.15) is 0 Å². The minimum atomic E-state index is -0.572. The predicted octanol–water partition coefficient (Wildman–Crippen LogP) is 2.04. The number of aryl methyl sites for hydroxylation is 1. The van der Waals surface area contributed by atoms with Crippen molar-refractivity contribution in [1.82, 2.24) is 4.90 Å². The highest BCUT2D eigenvalue weighted by Gasteiger charge is 2.21. The smallest absolute Gasteiger partial charge is 0.222 e. The summed E-state index contributed by atoms with van der Waals surface area (Å²) in [6.45, 7) is 3.22. The van der Waals surface area contributed by atoms with Crippen molar-refractivity contribution in [1.29, 1.82) is 0 Å². The van der Waals surface area contributed by atoms with E-state index in [1.165, 1.54) is 5.56 Å². The molecular weight excluding hydrogens is 214 g/mol. The Morgan fingerprint density at radius 3 is 2.65 bits per heavy atom. The highest BCUT2D eigenvalue weighted by atomic mass is 16.3. The Morgan fingerprint density at radius 1 is 1.29 bits per heavy atom. The molecule has 1 atom stereocenters. The molecule has 1 saturated heterocycles. The number of amides is 1. The standard InChI is InChI=1S/C14H19NO2/c1-11-5-7-12(8-6-11)13(16)10-15-9-3-2-4-14(15)17/h5-8,13,16H,2-4,9-10H2,1H3. The summed E-state index contributed by atoms with van der Waals surface area (Å²) in [6.07, 6.45) is 2.08. The van der Waals surface area contributed by atoms with Crippen molar-refractivity contribution < 1.29 is 9.90 Å². The van der Waals surface area contributed by atoms with Gasteiger partial charge in [-0.1, -0.05) is 29.8 Å². The first-order valence-electron chi connectivity index (χ1n) is 6.19. The van der Waals surface area contributed by atoms with E-state index in [1.54, 1.807) is 4.90 Å². The average molecular weight is 233 g/mol. The molecule has 1 N–H and O–H groups in total. The summed E-state index contributed by atoms with van der Waals surface area (Å²) in [6, 6.07) is 7.82. The second-order valence-electron chi connectivity index (χ2n) is 4.72. The van der Waals surface area contributed by atoms with Crippen LogP contribution in [0.25, 0.3) is 0 Å². The molecule has 1 aromatic rings. The molecule has 17 heavy (non-hydrogen) atoms. The lowest BCUT2D eigenvalue weighted by molar-refractivity contribution is -0.134. The minimum Gasteiger partial charge on any atom is -0.387 e. The predicted molar refractivity (Wildman–Crippen MR) is 66.6 cm³/mol. The average Bonchev–Trinajstić information content (AvgIpc) is 2.33. The molecule has 0 saturated carbocycles. The Kier molecular flexibility index (Phi) is 3.79. The van der Waals surface area contributed by atoms with Crippen LogP contribution in [-0.2, 0) is 4.79 Å². The van der Waals surface area contributed by atoms with Gasteiger partial charge in [0.05, 0.1) is 12.6 Å². The van der Waals surface area contributed by atoms with Gasteiger partial charge in [-0.15, -0.1) is 0 Å². The van der Waals surface area contributed by atoms with Crippen LogP contribution < -0.4 is 0 Å². The van der Waals surface area contributed by atoms with Gasteiger partial charge in [0.1, 0.15) is 0 Å². The zero-order valence-corrected chi connectivity index (χ0v) is 10.2. The van der Waals surface area contributed by atoms with Gasteiger partial charge < -0.3 is 10.0 Å². The van der Waals surface area contributed by atoms with Gasteiger partial charge in [0.15, 0.2) is 0 Å². The molecule has 1 heterocycles. The number of nitrogens with zero attached hydrogens (tertiary/aromatic N) is 1. The third kappa shape index (κ3) is 3.07. The van der Waals surface area contributed by atoms with Crippen molar-refractivity contribution in [2.75, 3.05) is 13.1 Å². The van der Waals surface area contributed by atoms with Crippen LogP contribution >= 0.6 is 0 Å². The number of aliphatic hydroxyl groups is 1. The topological polar surface area (TPSA) is 40.5 Å². The van der Waals surface area contributed by atoms with Gasteiger partial charge >= 0.3 is 0 Å². The molecule has 0 aliphatic carbocycles. The molecule has 92 valence electrons. The summed E-state index contributed by atoms with van der Waals surface area (Å²) < 4.78 is 0. The number of carbonyl (C=O) groups is 1. The normalized spacial score (nSPS) is 18.2. The minimum absolute atomic E-state index is 0.169. The SMILES string of the molecule is Cc1ccc(C(O)CN2CCCCC2=O)cc1. The second kappa shape index (κ2) is 5.32. The number of hydrogen-bond donors (Lipinski definition) is 1. The van der Waals surface area contributed by atoms with Crippen molar-refractivity contribution in [2.45, 2.75) is 32.3 Å².